The van der Waals surface area contributed by atoms with Gasteiger partial charge in [0.1, 0.15) is 0 Å². The van der Waals surface area contributed by atoms with Gasteiger partial charge in [-0.2, -0.15) is 0 Å². The van der Waals surface area contributed by atoms with Gasteiger partial charge in [-0.25, -0.2) is 4.39 Å². The van der Waals surface area contributed by atoms with Crippen molar-refractivity contribution in [2.75, 3.05) is 5.32 Å². The summed E-state index contributed by atoms with van der Waals surface area (Å²) in [4.78, 5) is 0. The third kappa shape index (κ3) is 3.98. The molecule has 0 aliphatic rings. The average Bonchev–Trinajstić information content (AvgIpc) is 2.47. The van der Waals surface area contributed by atoms with Crippen LogP contribution in [0.3, 0.4) is 0 Å². The number of anilines is 1. The summed E-state index contributed by atoms with van der Waals surface area (Å²) in [6.07, 6.45) is 3.52. The highest BCUT2D eigenvalue weighted by Crippen LogP contribution is 2.18. The molecule has 0 amide bonds. The molecule has 0 saturated carbocycles. The second-order valence-corrected chi connectivity index (χ2v) is 4.94. The van der Waals surface area contributed by atoms with E-state index >= 15 is 0 Å². The van der Waals surface area contributed by atoms with Crippen LogP contribution < -0.4 is 5.32 Å². The largest absolute Gasteiger partial charge is 0.505 e. The average molecular weight is 273 g/mol. The van der Waals surface area contributed by atoms with Gasteiger partial charge < -0.3 is 10.4 Å². The number of phenols is 1. The number of hydrogen-bond acceptors (Lipinski definition) is 2. The molecule has 0 spiro atoms. The van der Waals surface area contributed by atoms with Crippen molar-refractivity contribution >= 4 is 5.69 Å². The van der Waals surface area contributed by atoms with Crippen LogP contribution in [0.25, 0.3) is 0 Å². The second-order valence-electron chi connectivity index (χ2n) is 4.94. The summed E-state index contributed by atoms with van der Waals surface area (Å²) in [5.41, 5.74) is 3.15. The smallest absolute Gasteiger partial charge is 0.165 e. The van der Waals surface area contributed by atoms with Crippen LogP contribution >= 0.6 is 0 Å². The molecule has 0 unspecified atom stereocenters. The van der Waals surface area contributed by atoms with Gasteiger partial charge in [0.25, 0.3) is 0 Å². The first kappa shape index (κ1) is 14.4. The van der Waals surface area contributed by atoms with Gasteiger partial charge in [0.05, 0.1) is 0 Å². The quantitative estimate of drug-likeness (QED) is 0.813. The first-order valence-corrected chi connectivity index (χ1v) is 6.99. The Morgan fingerprint density at radius 2 is 1.75 bits per heavy atom. The van der Waals surface area contributed by atoms with Crippen molar-refractivity contribution in [3.63, 3.8) is 0 Å². The van der Waals surface area contributed by atoms with Gasteiger partial charge in [0.15, 0.2) is 11.6 Å². The Kier molecular flexibility index (Phi) is 4.99. The minimum absolute atomic E-state index is 0.311. The first-order chi connectivity index (χ1) is 9.69. The van der Waals surface area contributed by atoms with Crippen molar-refractivity contribution in [1.29, 1.82) is 0 Å². The highest BCUT2D eigenvalue weighted by atomic mass is 19.1. The van der Waals surface area contributed by atoms with E-state index in [-0.39, 0.29) is 5.75 Å². The molecule has 0 bridgehead atoms. The minimum atomic E-state index is -0.584. The Balaban J connectivity index is 1.91. The summed E-state index contributed by atoms with van der Waals surface area (Å²) in [5, 5.41) is 12.4. The lowest BCUT2D eigenvalue weighted by atomic mass is 10.1. The maximum absolute atomic E-state index is 13.2. The Labute approximate surface area is 119 Å². The van der Waals surface area contributed by atoms with Crippen molar-refractivity contribution in [3.8, 4) is 5.75 Å². The predicted molar refractivity (Wildman–Crippen MR) is 80.4 cm³/mol. The van der Waals surface area contributed by atoms with Gasteiger partial charge >= 0.3 is 0 Å². The lowest BCUT2D eigenvalue weighted by Gasteiger charge is -2.08. The third-order valence-electron chi connectivity index (χ3n) is 3.28. The Morgan fingerprint density at radius 3 is 2.40 bits per heavy atom. The molecule has 2 nitrogen and oxygen atoms in total. The van der Waals surface area contributed by atoms with E-state index in [1.165, 1.54) is 30.5 Å². The highest BCUT2D eigenvalue weighted by molar-refractivity contribution is 5.45. The summed E-state index contributed by atoms with van der Waals surface area (Å²) >= 11 is 0. The molecule has 0 fully saturated rings. The molecule has 0 heterocycles. The fourth-order valence-electron chi connectivity index (χ4n) is 2.03. The normalized spacial score (nSPS) is 10.5. The number of aromatic hydroxyl groups is 1. The van der Waals surface area contributed by atoms with Crippen molar-refractivity contribution in [2.24, 2.45) is 0 Å². The van der Waals surface area contributed by atoms with Crippen LogP contribution in [0.1, 0.15) is 30.9 Å². The fourth-order valence-corrected chi connectivity index (χ4v) is 2.03. The van der Waals surface area contributed by atoms with Gasteiger partial charge in [-0.1, -0.05) is 31.5 Å². The topological polar surface area (TPSA) is 32.3 Å². The van der Waals surface area contributed by atoms with E-state index in [0.29, 0.717) is 6.54 Å². The van der Waals surface area contributed by atoms with Crippen molar-refractivity contribution in [3.05, 3.63) is 59.4 Å². The summed E-state index contributed by atoms with van der Waals surface area (Å²) < 4.78 is 13.2. The number of aryl methyl sites for hydroxylation is 1. The number of unbranched alkanes of at least 4 members (excludes halogenated alkanes) is 1. The molecule has 0 atom stereocenters. The van der Waals surface area contributed by atoms with Crippen LogP contribution in [0.15, 0.2) is 42.5 Å². The van der Waals surface area contributed by atoms with Gasteiger partial charge in [-0.3, -0.25) is 0 Å². The molecular formula is C17H20FNO. The molecule has 106 valence electrons. The number of benzene rings is 2. The second kappa shape index (κ2) is 6.94. The van der Waals surface area contributed by atoms with Gasteiger partial charge in [0.2, 0.25) is 0 Å². The Hall–Kier alpha value is -2.03. The molecule has 0 radical (unpaired) electrons. The number of hydrogen-bond donors (Lipinski definition) is 2. The molecule has 2 aromatic rings. The zero-order chi connectivity index (χ0) is 14.4. The SMILES string of the molecule is CCCCc1ccc(NCc2ccc(O)c(F)c2)cc1. The standard InChI is InChI=1S/C17H20FNO/c1-2-3-4-13-5-8-15(9-6-13)19-12-14-7-10-17(20)16(18)11-14/h5-11,19-20H,2-4,12H2,1H3. The summed E-state index contributed by atoms with van der Waals surface area (Å²) in [6.45, 7) is 2.72. The molecule has 0 aliphatic heterocycles. The van der Waals surface area contributed by atoms with Crippen molar-refractivity contribution in [1.82, 2.24) is 0 Å². The van der Waals surface area contributed by atoms with Gasteiger partial charge in [-0.05, 0) is 48.2 Å². The number of halogens is 1. The fraction of sp³-hybridized carbons (Fsp3) is 0.294. The van der Waals surface area contributed by atoms with Crippen LogP contribution in [-0.4, -0.2) is 5.11 Å². The van der Waals surface area contributed by atoms with E-state index in [0.717, 1.165) is 17.7 Å². The van der Waals surface area contributed by atoms with Crippen LogP contribution in [0.5, 0.6) is 5.75 Å². The molecule has 0 aliphatic carbocycles. The van der Waals surface area contributed by atoms with E-state index < -0.39 is 5.82 Å². The van der Waals surface area contributed by atoms with E-state index in [9.17, 15) is 4.39 Å². The molecule has 0 aromatic heterocycles. The molecule has 0 saturated heterocycles. The van der Waals surface area contributed by atoms with Crippen LogP contribution in [0.2, 0.25) is 0 Å². The molecule has 20 heavy (non-hydrogen) atoms. The zero-order valence-electron chi connectivity index (χ0n) is 11.7. The number of phenolic OH excluding ortho intramolecular Hbond substituents is 1. The Morgan fingerprint density at radius 1 is 1.05 bits per heavy atom. The minimum Gasteiger partial charge on any atom is -0.505 e. The van der Waals surface area contributed by atoms with E-state index in [1.807, 2.05) is 12.1 Å². The first-order valence-electron chi connectivity index (χ1n) is 6.99. The van der Waals surface area contributed by atoms with Crippen molar-refractivity contribution < 1.29 is 9.50 Å². The lowest BCUT2D eigenvalue weighted by molar-refractivity contribution is 0.432. The number of rotatable bonds is 6. The molecule has 2 N–H and O–H groups in total. The summed E-state index contributed by atoms with van der Waals surface area (Å²) in [5.74, 6) is -0.895. The predicted octanol–water partition coefficient (Wildman–Crippen LogP) is 4.49. The van der Waals surface area contributed by atoms with Crippen LogP contribution in [0, 0.1) is 5.82 Å². The molecular weight excluding hydrogens is 253 g/mol. The lowest BCUT2D eigenvalue weighted by Crippen LogP contribution is -2.00. The third-order valence-corrected chi connectivity index (χ3v) is 3.28. The Bertz CT molecular complexity index is 551. The van der Waals surface area contributed by atoms with E-state index in [4.69, 9.17) is 5.11 Å². The van der Waals surface area contributed by atoms with E-state index in [2.05, 4.69) is 24.4 Å². The van der Waals surface area contributed by atoms with Gasteiger partial charge in [-0.15, -0.1) is 0 Å². The summed E-state index contributed by atoms with van der Waals surface area (Å²) in [7, 11) is 0. The molecule has 2 rings (SSSR count). The highest BCUT2D eigenvalue weighted by Gasteiger charge is 2.01. The summed E-state index contributed by atoms with van der Waals surface area (Å²) in [6, 6.07) is 12.8. The van der Waals surface area contributed by atoms with Crippen LogP contribution in [-0.2, 0) is 13.0 Å². The van der Waals surface area contributed by atoms with Crippen LogP contribution in [0.4, 0.5) is 10.1 Å². The molecule has 2 aromatic carbocycles. The number of nitrogens with one attached hydrogen (secondary N) is 1. The van der Waals surface area contributed by atoms with Crippen molar-refractivity contribution in [2.45, 2.75) is 32.7 Å². The maximum Gasteiger partial charge on any atom is 0.165 e. The zero-order valence-corrected chi connectivity index (χ0v) is 11.7. The van der Waals surface area contributed by atoms with Gasteiger partial charge in [0, 0.05) is 12.2 Å². The maximum atomic E-state index is 13.2. The monoisotopic (exact) mass is 273 g/mol. The molecule has 3 heteroatoms. The van der Waals surface area contributed by atoms with E-state index in [1.54, 1.807) is 6.07 Å².